The van der Waals surface area contributed by atoms with Crippen molar-refractivity contribution in [2.24, 2.45) is 5.92 Å². The molecule has 3 atom stereocenters. The first-order valence-electron chi connectivity index (χ1n) is 5.00. The van der Waals surface area contributed by atoms with Gasteiger partial charge in [0.2, 0.25) is 10.0 Å². The van der Waals surface area contributed by atoms with Crippen LogP contribution in [0, 0.1) is 5.92 Å². The van der Waals surface area contributed by atoms with Gasteiger partial charge >= 0.3 is 5.97 Å². The Hall–Kier alpha value is -0.620. The third-order valence-corrected chi connectivity index (χ3v) is 5.11. The van der Waals surface area contributed by atoms with E-state index in [1.807, 2.05) is 13.8 Å². The van der Waals surface area contributed by atoms with Crippen molar-refractivity contribution in [3.63, 3.8) is 0 Å². The monoisotopic (exact) mass is 235 g/mol. The van der Waals surface area contributed by atoms with Gasteiger partial charge < -0.3 is 5.11 Å². The van der Waals surface area contributed by atoms with Crippen LogP contribution in [0.15, 0.2) is 0 Å². The third kappa shape index (κ3) is 2.31. The quantitative estimate of drug-likeness (QED) is 0.774. The van der Waals surface area contributed by atoms with Crippen molar-refractivity contribution < 1.29 is 18.3 Å². The minimum Gasteiger partial charge on any atom is -0.480 e. The van der Waals surface area contributed by atoms with Crippen LogP contribution in [0.2, 0.25) is 0 Å². The molecule has 1 N–H and O–H groups in total. The molecule has 1 rings (SSSR count). The minimum absolute atomic E-state index is 0.0909. The van der Waals surface area contributed by atoms with Crippen LogP contribution in [0.4, 0.5) is 0 Å². The summed E-state index contributed by atoms with van der Waals surface area (Å²) in [5, 5.41) is 7.37. The molecule has 5 nitrogen and oxygen atoms in total. The summed E-state index contributed by atoms with van der Waals surface area (Å²) in [4.78, 5) is 10.7. The fourth-order valence-corrected chi connectivity index (χ4v) is 3.66. The van der Waals surface area contributed by atoms with E-state index < -0.39 is 21.2 Å². The summed E-state index contributed by atoms with van der Waals surface area (Å²) in [5.41, 5.74) is 0. The second kappa shape index (κ2) is 4.09. The Morgan fingerprint density at radius 2 is 2.00 bits per heavy atom. The van der Waals surface area contributed by atoms with Crippen LogP contribution in [-0.4, -0.2) is 41.6 Å². The molecule has 0 bridgehead atoms. The molecule has 0 amide bonds. The Labute approximate surface area is 90.1 Å². The summed E-state index contributed by atoms with van der Waals surface area (Å²) < 4.78 is 25.1. The topological polar surface area (TPSA) is 74.7 Å². The number of nitrogens with zero attached hydrogens (tertiary/aromatic N) is 1. The van der Waals surface area contributed by atoms with E-state index in [0.717, 1.165) is 6.42 Å². The Morgan fingerprint density at radius 3 is 2.33 bits per heavy atom. The molecule has 88 valence electrons. The Balaban J connectivity index is 2.92. The van der Waals surface area contributed by atoms with E-state index in [4.69, 9.17) is 5.11 Å². The van der Waals surface area contributed by atoms with Gasteiger partial charge in [-0.15, -0.1) is 0 Å². The van der Waals surface area contributed by atoms with E-state index in [-0.39, 0.29) is 6.04 Å². The van der Waals surface area contributed by atoms with Gasteiger partial charge in [0.05, 0.1) is 0 Å². The number of rotatable bonds is 3. The molecule has 6 heteroatoms. The number of carbonyl (C=O) groups is 1. The van der Waals surface area contributed by atoms with Crippen molar-refractivity contribution in [3.8, 4) is 0 Å². The lowest BCUT2D eigenvalue weighted by molar-refractivity contribution is -0.136. The van der Waals surface area contributed by atoms with Crippen LogP contribution >= 0.6 is 0 Å². The number of hydrogen-bond acceptors (Lipinski definition) is 3. The average molecular weight is 235 g/mol. The van der Waals surface area contributed by atoms with Crippen LogP contribution in [-0.2, 0) is 14.8 Å². The summed E-state index contributed by atoms with van der Waals surface area (Å²) >= 11 is 0. The molecule has 0 saturated carbocycles. The maximum absolute atomic E-state index is 11.9. The van der Waals surface area contributed by atoms with E-state index in [2.05, 4.69) is 0 Å². The first-order valence-corrected chi connectivity index (χ1v) is 6.50. The van der Waals surface area contributed by atoms with Crippen molar-refractivity contribution in [3.05, 3.63) is 0 Å². The highest BCUT2D eigenvalue weighted by Gasteiger charge is 2.40. The minimum atomic E-state index is -3.69. The van der Waals surface area contributed by atoms with Crippen molar-refractivity contribution >= 4 is 16.0 Å². The predicted molar refractivity (Wildman–Crippen MR) is 56.0 cm³/mol. The molecule has 15 heavy (non-hydrogen) atoms. The predicted octanol–water partition coefficient (Wildman–Crippen LogP) is 0.520. The molecule has 0 spiro atoms. The summed E-state index contributed by atoms with van der Waals surface area (Å²) in [6, 6.07) is -0.0909. The van der Waals surface area contributed by atoms with Crippen LogP contribution in [0.5, 0.6) is 0 Å². The number of aliphatic carboxylic acids is 1. The third-order valence-electron chi connectivity index (χ3n) is 2.85. The van der Waals surface area contributed by atoms with Gasteiger partial charge in [-0.1, -0.05) is 6.92 Å². The fourth-order valence-electron chi connectivity index (χ4n) is 1.95. The van der Waals surface area contributed by atoms with Crippen molar-refractivity contribution in [2.75, 3.05) is 6.54 Å². The molecule has 1 fully saturated rings. The van der Waals surface area contributed by atoms with Gasteiger partial charge in [-0.05, 0) is 26.2 Å². The first kappa shape index (κ1) is 12.4. The highest BCUT2D eigenvalue weighted by Crippen LogP contribution is 2.27. The lowest BCUT2D eigenvalue weighted by atomic mass is 10.1. The van der Waals surface area contributed by atoms with E-state index >= 15 is 0 Å². The Kier molecular flexibility index (Phi) is 3.40. The normalized spacial score (nSPS) is 30.3. The highest BCUT2D eigenvalue weighted by molar-refractivity contribution is 7.90. The smallest absolute Gasteiger partial charge is 0.323 e. The van der Waals surface area contributed by atoms with E-state index in [1.165, 1.54) is 11.2 Å². The number of sulfonamides is 1. The van der Waals surface area contributed by atoms with Gasteiger partial charge in [-0.3, -0.25) is 4.79 Å². The van der Waals surface area contributed by atoms with Gasteiger partial charge in [0, 0.05) is 12.6 Å². The molecule has 0 aromatic carbocycles. The Bertz CT molecular complexity index is 351. The van der Waals surface area contributed by atoms with Crippen LogP contribution < -0.4 is 0 Å². The second-order valence-corrected chi connectivity index (χ2v) is 6.49. The number of carboxylic acids is 1. The maximum Gasteiger partial charge on any atom is 0.323 e. The molecular formula is C9H17NO4S. The molecule has 3 unspecified atom stereocenters. The number of carboxylic acid groups (broad SMARTS) is 1. The fraction of sp³-hybridized carbons (Fsp3) is 0.889. The average Bonchev–Trinajstić information content (AvgIpc) is 2.44. The lowest BCUT2D eigenvalue weighted by Crippen LogP contribution is -2.42. The molecular weight excluding hydrogens is 218 g/mol. The van der Waals surface area contributed by atoms with E-state index in [1.54, 1.807) is 0 Å². The zero-order valence-electron chi connectivity index (χ0n) is 9.17. The zero-order chi connectivity index (χ0) is 11.8. The molecule has 0 aliphatic carbocycles. The van der Waals surface area contributed by atoms with Gasteiger partial charge in [-0.2, -0.15) is 4.31 Å². The maximum atomic E-state index is 11.9. The highest BCUT2D eigenvalue weighted by atomic mass is 32.2. The van der Waals surface area contributed by atoms with Crippen LogP contribution in [0.25, 0.3) is 0 Å². The van der Waals surface area contributed by atoms with Gasteiger partial charge in [0.15, 0.2) is 5.25 Å². The SMILES string of the molecule is CC1CC(C)N(S(=O)(=O)C(C)C(=O)O)C1. The first-order chi connectivity index (χ1) is 6.76. The Morgan fingerprint density at radius 1 is 1.47 bits per heavy atom. The number of hydrogen-bond donors (Lipinski definition) is 1. The van der Waals surface area contributed by atoms with Crippen LogP contribution in [0.1, 0.15) is 27.2 Å². The molecule has 1 aliphatic heterocycles. The summed E-state index contributed by atoms with van der Waals surface area (Å²) in [6.45, 7) is 5.43. The lowest BCUT2D eigenvalue weighted by Gasteiger charge is -2.23. The van der Waals surface area contributed by atoms with E-state index in [9.17, 15) is 13.2 Å². The molecule has 1 aliphatic rings. The van der Waals surface area contributed by atoms with Crippen molar-refractivity contribution in [1.82, 2.24) is 4.31 Å². The molecule has 1 heterocycles. The van der Waals surface area contributed by atoms with Crippen LogP contribution in [0.3, 0.4) is 0 Å². The van der Waals surface area contributed by atoms with Crippen molar-refractivity contribution in [1.29, 1.82) is 0 Å². The molecule has 0 radical (unpaired) electrons. The van der Waals surface area contributed by atoms with Crippen molar-refractivity contribution in [2.45, 2.75) is 38.5 Å². The van der Waals surface area contributed by atoms with Gasteiger partial charge in [0.25, 0.3) is 0 Å². The molecule has 1 saturated heterocycles. The van der Waals surface area contributed by atoms with Gasteiger partial charge in [-0.25, -0.2) is 8.42 Å². The zero-order valence-corrected chi connectivity index (χ0v) is 9.99. The largest absolute Gasteiger partial charge is 0.480 e. The second-order valence-electron chi connectivity index (χ2n) is 4.28. The summed E-state index contributed by atoms with van der Waals surface area (Å²) in [6.07, 6.45) is 0.797. The van der Waals surface area contributed by atoms with Gasteiger partial charge in [0.1, 0.15) is 0 Å². The molecule has 0 aromatic rings. The summed E-state index contributed by atoms with van der Waals surface area (Å²) in [5.74, 6) is -0.988. The molecule has 0 aromatic heterocycles. The van der Waals surface area contributed by atoms with E-state index in [0.29, 0.717) is 12.5 Å². The standard InChI is InChI=1S/C9H17NO4S/c1-6-4-7(2)10(5-6)15(13,14)8(3)9(11)12/h6-8H,4-5H2,1-3H3,(H,11,12). The summed E-state index contributed by atoms with van der Waals surface area (Å²) in [7, 11) is -3.69.